The van der Waals surface area contributed by atoms with Gasteiger partial charge in [-0.05, 0) is 38.1 Å². The molecule has 4 rings (SSSR count). The third kappa shape index (κ3) is 2.41. The first-order valence-corrected chi connectivity index (χ1v) is 8.27. The van der Waals surface area contributed by atoms with Gasteiger partial charge < -0.3 is 4.74 Å². The number of hydrogen-bond donors (Lipinski definition) is 0. The summed E-state index contributed by atoms with van der Waals surface area (Å²) in [6.07, 6.45) is 0.299. The van der Waals surface area contributed by atoms with Gasteiger partial charge in [0.2, 0.25) is 0 Å². The summed E-state index contributed by atoms with van der Waals surface area (Å²) in [5.41, 5.74) is 0.549. The van der Waals surface area contributed by atoms with Crippen molar-refractivity contribution in [3.05, 3.63) is 64.5 Å². The van der Waals surface area contributed by atoms with Crippen LogP contribution in [0.25, 0.3) is 0 Å². The van der Waals surface area contributed by atoms with Crippen LogP contribution < -0.4 is 4.74 Å². The second-order valence-corrected chi connectivity index (χ2v) is 6.97. The molecule has 0 aromatic heterocycles. The summed E-state index contributed by atoms with van der Waals surface area (Å²) in [6, 6.07) is 9.12. The number of hydrogen-bond acceptors (Lipinski definition) is 4. The number of carbonyl (C=O) groups excluding carboxylic acids is 3. The maximum absolute atomic E-state index is 13.8. The van der Waals surface area contributed by atoms with Gasteiger partial charge in [-0.3, -0.25) is 19.3 Å². The van der Waals surface area contributed by atoms with Crippen LogP contribution in [-0.4, -0.2) is 34.6 Å². The van der Waals surface area contributed by atoms with E-state index in [0.717, 1.165) is 11.0 Å². The fraction of sp³-hybridized carbons (Fsp3) is 0.250. The van der Waals surface area contributed by atoms with Crippen molar-refractivity contribution in [2.45, 2.75) is 25.9 Å². The number of benzene rings is 2. The standard InChI is InChI=1S/C20H16FNO4/c1-11(23)16-8-13(21)7-12-9-20(2,26-17(12)16)10-22-18(24)14-5-3-4-6-15(14)19(22)25/h3-8H,9-10H2,1-2H3. The monoisotopic (exact) mass is 353 g/mol. The van der Waals surface area contributed by atoms with Gasteiger partial charge in [-0.1, -0.05) is 12.1 Å². The maximum atomic E-state index is 13.8. The number of nitrogens with zero attached hydrogens (tertiary/aromatic N) is 1. The van der Waals surface area contributed by atoms with Crippen molar-refractivity contribution in [1.29, 1.82) is 0 Å². The van der Waals surface area contributed by atoms with Crippen molar-refractivity contribution in [2.75, 3.05) is 6.54 Å². The van der Waals surface area contributed by atoms with E-state index in [1.807, 2.05) is 0 Å². The van der Waals surface area contributed by atoms with E-state index < -0.39 is 11.4 Å². The third-order valence-electron chi connectivity index (χ3n) is 4.79. The molecule has 0 spiro atoms. The zero-order valence-corrected chi connectivity index (χ0v) is 14.3. The highest BCUT2D eigenvalue weighted by molar-refractivity contribution is 6.21. The summed E-state index contributed by atoms with van der Waals surface area (Å²) in [4.78, 5) is 38.1. The Bertz CT molecular complexity index is 949. The summed E-state index contributed by atoms with van der Waals surface area (Å²) in [5, 5.41) is 0. The minimum Gasteiger partial charge on any atom is -0.484 e. The van der Waals surface area contributed by atoms with Crippen molar-refractivity contribution < 1.29 is 23.5 Å². The molecule has 1 unspecified atom stereocenters. The molecule has 6 heteroatoms. The Kier molecular flexibility index (Phi) is 3.47. The molecule has 2 aromatic rings. The summed E-state index contributed by atoms with van der Waals surface area (Å²) >= 11 is 0. The number of carbonyl (C=O) groups is 3. The average molecular weight is 353 g/mol. The van der Waals surface area contributed by atoms with Crippen LogP contribution in [0.2, 0.25) is 0 Å². The number of ketones is 1. The summed E-state index contributed by atoms with van der Waals surface area (Å²) in [6.45, 7) is 3.11. The fourth-order valence-electron chi connectivity index (χ4n) is 3.65. The van der Waals surface area contributed by atoms with Gasteiger partial charge >= 0.3 is 0 Å². The molecule has 0 saturated carbocycles. The van der Waals surface area contributed by atoms with E-state index in [1.165, 1.54) is 13.0 Å². The van der Waals surface area contributed by atoms with E-state index >= 15 is 0 Å². The third-order valence-corrected chi connectivity index (χ3v) is 4.79. The van der Waals surface area contributed by atoms with Gasteiger partial charge in [0.05, 0.1) is 23.2 Å². The molecule has 0 bridgehead atoms. The first-order chi connectivity index (χ1) is 12.3. The molecule has 2 heterocycles. The van der Waals surface area contributed by atoms with E-state index in [9.17, 15) is 18.8 Å². The molecule has 5 nitrogen and oxygen atoms in total. The molecule has 2 aliphatic heterocycles. The summed E-state index contributed by atoms with van der Waals surface area (Å²) in [7, 11) is 0. The van der Waals surface area contributed by atoms with Gasteiger partial charge in [-0.25, -0.2) is 4.39 Å². The first kappa shape index (κ1) is 16.4. The molecule has 0 saturated heterocycles. The van der Waals surface area contributed by atoms with Gasteiger partial charge in [-0.15, -0.1) is 0 Å². The second kappa shape index (κ2) is 5.49. The summed E-state index contributed by atoms with van der Waals surface area (Å²) < 4.78 is 19.8. The number of amides is 2. The number of imide groups is 1. The predicted molar refractivity (Wildman–Crippen MR) is 91.0 cm³/mol. The van der Waals surface area contributed by atoms with E-state index in [1.54, 1.807) is 31.2 Å². The van der Waals surface area contributed by atoms with Crippen LogP contribution in [0.5, 0.6) is 5.75 Å². The van der Waals surface area contributed by atoms with Crippen LogP contribution >= 0.6 is 0 Å². The lowest BCUT2D eigenvalue weighted by atomic mass is 9.97. The van der Waals surface area contributed by atoms with Crippen LogP contribution in [-0.2, 0) is 6.42 Å². The number of Topliss-reactive ketones (excluding diaryl/α,β-unsaturated/α-hetero) is 1. The smallest absolute Gasteiger partial charge is 0.261 e. The zero-order chi connectivity index (χ0) is 18.6. The van der Waals surface area contributed by atoms with Gasteiger partial charge in [0.25, 0.3) is 11.8 Å². The largest absolute Gasteiger partial charge is 0.484 e. The minimum absolute atomic E-state index is 0.0208. The Morgan fingerprint density at radius 3 is 2.38 bits per heavy atom. The number of fused-ring (bicyclic) bond motifs is 2. The van der Waals surface area contributed by atoms with Crippen molar-refractivity contribution >= 4 is 17.6 Å². The van der Waals surface area contributed by atoms with E-state index in [-0.39, 0.29) is 29.7 Å². The Morgan fingerprint density at radius 1 is 1.19 bits per heavy atom. The second-order valence-electron chi connectivity index (χ2n) is 6.97. The molecule has 2 aliphatic rings. The molecule has 0 N–H and O–H groups in total. The fourth-order valence-corrected chi connectivity index (χ4v) is 3.65. The summed E-state index contributed by atoms with van der Waals surface area (Å²) in [5.74, 6) is -1.22. The van der Waals surface area contributed by atoms with Crippen LogP contribution in [0, 0.1) is 5.82 Å². The normalized spacial score (nSPS) is 20.8. The number of halogens is 1. The molecule has 1 atom stereocenters. The van der Waals surface area contributed by atoms with E-state index in [4.69, 9.17) is 4.74 Å². The number of ether oxygens (including phenoxy) is 1. The molecule has 2 amide bonds. The Hall–Kier alpha value is -3.02. The van der Waals surface area contributed by atoms with Crippen molar-refractivity contribution in [1.82, 2.24) is 4.90 Å². The van der Waals surface area contributed by atoms with Crippen molar-refractivity contribution in [3.8, 4) is 5.75 Å². The highest BCUT2D eigenvalue weighted by atomic mass is 19.1. The Balaban J connectivity index is 1.64. The predicted octanol–water partition coefficient (Wildman–Crippen LogP) is 3.02. The highest BCUT2D eigenvalue weighted by Gasteiger charge is 2.44. The molecular weight excluding hydrogens is 337 g/mol. The molecular formula is C20H16FNO4. The van der Waals surface area contributed by atoms with E-state index in [0.29, 0.717) is 28.9 Å². The maximum Gasteiger partial charge on any atom is 0.261 e. The van der Waals surface area contributed by atoms with Gasteiger partial charge in [0.1, 0.15) is 17.2 Å². The van der Waals surface area contributed by atoms with Gasteiger partial charge in [0, 0.05) is 12.0 Å². The minimum atomic E-state index is -0.923. The quantitative estimate of drug-likeness (QED) is 0.629. The lowest BCUT2D eigenvalue weighted by Gasteiger charge is -2.28. The van der Waals surface area contributed by atoms with Crippen LogP contribution in [0.1, 0.15) is 50.5 Å². The molecule has 0 radical (unpaired) electrons. The Labute approximate surface area is 149 Å². The van der Waals surface area contributed by atoms with Crippen molar-refractivity contribution in [2.24, 2.45) is 0 Å². The first-order valence-electron chi connectivity index (χ1n) is 8.27. The van der Waals surface area contributed by atoms with Gasteiger partial charge in [-0.2, -0.15) is 0 Å². The average Bonchev–Trinajstić information content (AvgIpc) is 3.04. The Morgan fingerprint density at radius 2 is 1.81 bits per heavy atom. The molecule has 2 aromatic carbocycles. The lowest BCUT2D eigenvalue weighted by Crippen LogP contribution is -2.46. The van der Waals surface area contributed by atoms with Crippen LogP contribution in [0.15, 0.2) is 36.4 Å². The zero-order valence-electron chi connectivity index (χ0n) is 14.3. The molecule has 0 aliphatic carbocycles. The molecule has 26 heavy (non-hydrogen) atoms. The highest BCUT2D eigenvalue weighted by Crippen LogP contribution is 2.40. The lowest BCUT2D eigenvalue weighted by molar-refractivity contribution is 0.0416. The van der Waals surface area contributed by atoms with Gasteiger partial charge in [0.15, 0.2) is 5.78 Å². The number of rotatable bonds is 3. The van der Waals surface area contributed by atoms with Crippen LogP contribution in [0.4, 0.5) is 4.39 Å². The van der Waals surface area contributed by atoms with E-state index in [2.05, 4.69) is 0 Å². The molecule has 0 fully saturated rings. The molecule has 132 valence electrons. The topological polar surface area (TPSA) is 63.7 Å². The SMILES string of the molecule is CC(=O)c1cc(F)cc2c1OC(C)(CN1C(=O)c3ccccc3C1=O)C2. The van der Waals surface area contributed by atoms with Crippen LogP contribution in [0.3, 0.4) is 0 Å². The van der Waals surface area contributed by atoms with Crippen molar-refractivity contribution in [3.63, 3.8) is 0 Å².